The molecule has 3 aromatic rings. The number of fused-ring (bicyclic) bond motifs is 1. The first-order valence-corrected chi connectivity index (χ1v) is 13.1. The van der Waals surface area contributed by atoms with Crippen LogP contribution < -0.4 is 10.5 Å². The minimum atomic E-state index is -1.33. The maximum atomic E-state index is 12.3. The molecule has 3 heterocycles. The van der Waals surface area contributed by atoms with Crippen LogP contribution in [-0.4, -0.2) is 89.8 Å². The topological polar surface area (TPSA) is 195 Å². The summed E-state index contributed by atoms with van der Waals surface area (Å²) in [6.07, 6.45) is -2.85. The van der Waals surface area contributed by atoms with Gasteiger partial charge in [0.2, 0.25) is 0 Å². The van der Waals surface area contributed by atoms with Crippen LogP contribution in [0.15, 0.2) is 29.7 Å². The molecule has 1 aliphatic heterocycles. The fraction of sp³-hybridized carbons (Fsp3) is 0.500. The number of nitrogen functional groups attached to an aromatic ring is 1. The van der Waals surface area contributed by atoms with E-state index in [9.17, 15) is 25.2 Å². The Kier molecular flexibility index (Phi) is 8.89. The molecule has 4 rings (SSSR count). The number of phenolic OH excluding ortho intramolecular Hbond substituents is 1. The molecule has 6 N–H and O–H groups in total. The van der Waals surface area contributed by atoms with E-state index in [0.717, 1.165) is 0 Å². The van der Waals surface area contributed by atoms with Crippen molar-refractivity contribution in [3.05, 3.63) is 30.1 Å². The molecule has 0 spiro atoms. The lowest BCUT2D eigenvalue weighted by Gasteiger charge is -2.19. The number of aromatic nitrogens is 4. The van der Waals surface area contributed by atoms with Crippen molar-refractivity contribution in [3.63, 3.8) is 0 Å². The highest BCUT2D eigenvalue weighted by Gasteiger charge is 2.45. The zero-order chi connectivity index (χ0) is 27.4. The van der Waals surface area contributed by atoms with E-state index in [4.69, 9.17) is 19.9 Å². The van der Waals surface area contributed by atoms with Gasteiger partial charge in [0, 0.05) is 5.75 Å². The number of ether oxygens (including phenoxy) is 3. The number of carbonyl (C=O) groups excluding carboxylic acids is 1. The summed E-state index contributed by atoms with van der Waals surface area (Å²) in [6, 6.07) is 4.63. The fourth-order valence-corrected chi connectivity index (χ4v) is 4.79. The number of imidazole rings is 1. The van der Waals surface area contributed by atoms with Gasteiger partial charge in [0.1, 0.15) is 30.2 Å². The summed E-state index contributed by atoms with van der Waals surface area (Å²) >= 11 is 1.31. The van der Waals surface area contributed by atoms with Gasteiger partial charge in [0.15, 0.2) is 39.9 Å². The van der Waals surface area contributed by atoms with Crippen molar-refractivity contribution in [2.24, 2.45) is 5.92 Å². The number of hydrogen-bond acceptors (Lipinski definition) is 13. The molecule has 1 saturated heterocycles. The second-order valence-electron chi connectivity index (χ2n) is 9.12. The maximum Gasteiger partial charge on any atom is 0.342 e. The molecule has 0 radical (unpaired) electrons. The van der Waals surface area contributed by atoms with Gasteiger partial charge in [0.05, 0.1) is 19.8 Å². The van der Waals surface area contributed by atoms with Gasteiger partial charge in [-0.1, -0.05) is 31.7 Å². The summed E-state index contributed by atoms with van der Waals surface area (Å²) in [4.78, 5) is 24.9. The van der Waals surface area contributed by atoms with Crippen molar-refractivity contribution in [3.8, 4) is 11.5 Å². The van der Waals surface area contributed by atoms with Gasteiger partial charge in [-0.3, -0.25) is 4.57 Å². The van der Waals surface area contributed by atoms with Crippen molar-refractivity contribution < 1.29 is 39.4 Å². The lowest BCUT2D eigenvalue weighted by Crippen LogP contribution is -2.33. The third kappa shape index (κ3) is 5.78. The number of thioether (sulfide) groups is 1. The highest BCUT2D eigenvalue weighted by Crippen LogP contribution is 2.36. The van der Waals surface area contributed by atoms with Crippen molar-refractivity contribution >= 4 is 34.7 Å². The predicted octanol–water partition coefficient (Wildman–Crippen LogP) is 1.10. The Labute approximate surface area is 222 Å². The molecular weight excluding hydrogens is 518 g/mol. The minimum absolute atomic E-state index is 0.0310. The zero-order valence-electron chi connectivity index (χ0n) is 20.9. The molecule has 13 nitrogen and oxygen atoms in total. The second-order valence-corrected chi connectivity index (χ2v) is 10.2. The predicted molar refractivity (Wildman–Crippen MR) is 137 cm³/mol. The average molecular weight is 550 g/mol. The minimum Gasteiger partial charge on any atom is -0.504 e. The number of aromatic hydroxyl groups is 1. The first kappa shape index (κ1) is 27.9. The van der Waals surface area contributed by atoms with Crippen molar-refractivity contribution in [2.45, 2.75) is 50.0 Å². The lowest BCUT2D eigenvalue weighted by atomic mass is 10.1. The number of aliphatic hydroxyl groups excluding tert-OH is 3. The number of hydrogen-bond donors (Lipinski definition) is 5. The van der Waals surface area contributed by atoms with Crippen LogP contribution in [0.2, 0.25) is 0 Å². The number of carbonyl (C=O) groups is 1. The summed E-state index contributed by atoms with van der Waals surface area (Å²) in [5.74, 6) is 0.0723. The molecule has 2 unspecified atom stereocenters. The number of para-hydroxylation sites is 1. The number of aliphatic hydroxyl groups is 3. The maximum absolute atomic E-state index is 12.3. The molecule has 0 bridgehead atoms. The molecule has 14 heteroatoms. The van der Waals surface area contributed by atoms with Gasteiger partial charge in [-0.2, -0.15) is 0 Å². The number of anilines is 1. The Bertz CT molecular complexity index is 1270. The van der Waals surface area contributed by atoms with Crippen LogP contribution in [0.5, 0.6) is 11.5 Å². The summed E-state index contributed by atoms with van der Waals surface area (Å²) in [5.41, 5.74) is 6.63. The number of esters is 1. The highest BCUT2D eigenvalue weighted by molar-refractivity contribution is 7.99. The largest absolute Gasteiger partial charge is 0.504 e. The van der Waals surface area contributed by atoms with Crippen LogP contribution in [0.1, 0.15) is 36.9 Å². The molecule has 38 heavy (non-hydrogen) atoms. The smallest absolute Gasteiger partial charge is 0.342 e. The number of phenols is 1. The van der Waals surface area contributed by atoms with Crippen LogP contribution in [0.25, 0.3) is 11.2 Å². The van der Waals surface area contributed by atoms with Crippen molar-refractivity contribution in [1.29, 1.82) is 0 Å². The second kappa shape index (κ2) is 12.1. The summed E-state index contributed by atoms with van der Waals surface area (Å²) in [6.45, 7) is 3.83. The van der Waals surface area contributed by atoms with Gasteiger partial charge in [-0.15, -0.1) is 0 Å². The summed E-state index contributed by atoms with van der Waals surface area (Å²) in [7, 11) is 0. The molecule has 0 aliphatic carbocycles. The summed E-state index contributed by atoms with van der Waals surface area (Å²) < 4.78 is 18.1. The molecule has 2 aromatic heterocycles. The number of nitrogens with two attached hydrogens (primary N) is 1. The number of rotatable bonds is 11. The van der Waals surface area contributed by atoms with Gasteiger partial charge in [-0.05, 0) is 24.5 Å². The van der Waals surface area contributed by atoms with E-state index in [1.165, 1.54) is 28.7 Å². The van der Waals surface area contributed by atoms with Crippen LogP contribution in [0, 0.1) is 5.92 Å². The molecule has 1 aliphatic rings. The Morgan fingerprint density at radius 2 is 2.05 bits per heavy atom. The SMILES string of the molecule is CC(C)COC(=O)c1cccc(OCCCSc2nc3c(N)ncnc3n2[C@@H]2O[C@H](CO)C(O)C2O)c1O. The third-order valence-electron chi connectivity index (χ3n) is 5.79. The standard InChI is InChI=1S/C24H31N5O8S/c1-12(2)10-36-23(34)13-5-3-6-14(17(13)31)35-7-4-8-38-24-28-16-20(25)26-11-27-21(16)29(24)22-19(33)18(32)15(9-30)37-22/h3,5-6,11-12,15,18-19,22,30-33H,4,7-10H2,1-2H3,(H2,25,26,27)/t15-,18?,19?,22-/m1/s1. The van der Waals surface area contributed by atoms with Gasteiger partial charge in [-0.25, -0.2) is 19.7 Å². The van der Waals surface area contributed by atoms with Crippen LogP contribution in [0.3, 0.4) is 0 Å². The van der Waals surface area contributed by atoms with E-state index in [1.807, 2.05) is 13.8 Å². The average Bonchev–Trinajstić information content (AvgIpc) is 3.40. The quantitative estimate of drug-likeness (QED) is 0.130. The molecule has 206 valence electrons. The molecule has 0 amide bonds. The lowest BCUT2D eigenvalue weighted by molar-refractivity contribution is -0.0548. The van der Waals surface area contributed by atoms with Crippen molar-refractivity contribution in [2.75, 3.05) is 31.3 Å². The zero-order valence-corrected chi connectivity index (χ0v) is 21.7. The molecule has 4 atom stereocenters. The first-order valence-electron chi connectivity index (χ1n) is 12.1. The summed E-state index contributed by atoms with van der Waals surface area (Å²) in [5, 5.41) is 41.2. The van der Waals surface area contributed by atoms with Crippen LogP contribution in [0.4, 0.5) is 5.82 Å². The van der Waals surface area contributed by atoms with Crippen molar-refractivity contribution in [1.82, 2.24) is 19.5 Å². The fourth-order valence-electron chi connectivity index (χ4n) is 3.86. The number of nitrogens with zero attached hydrogens (tertiary/aromatic N) is 4. The highest BCUT2D eigenvalue weighted by atomic mass is 32.2. The molecule has 1 aromatic carbocycles. The van der Waals surface area contributed by atoms with E-state index >= 15 is 0 Å². The van der Waals surface area contributed by atoms with Gasteiger partial charge >= 0.3 is 5.97 Å². The van der Waals surface area contributed by atoms with Gasteiger partial charge in [0.25, 0.3) is 0 Å². The monoisotopic (exact) mass is 549 g/mol. The van der Waals surface area contributed by atoms with Crippen LogP contribution in [-0.2, 0) is 9.47 Å². The van der Waals surface area contributed by atoms with E-state index in [-0.39, 0.29) is 42.0 Å². The van der Waals surface area contributed by atoms with Crippen LogP contribution >= 0.6 is 11.8 Å². The third-order valence-corrected chi connectivity index (χ3v) is 6.83. The molecular formula is C24H31N5O8S. The molecule has 0 saturated carbocycles. The van der Waals surface area contributed by atoms with E-state index in [0.29, 0.717) is 28.5 Å². The molecule has 1 fully saturated rings. The van der Waals surface area contributed by atoms with Gasteiger partial charge < -0.3 is 40.4 Å². The normalized spacial score (nSPS) is 21.3. The Balaban J connectivity index is 1.42. The Morgan fingerprint density at radius 3 is 2.76 bits per heavy atom. The number of benzene rings is 1. The Morgan fingerprint density at radius 1 is 1.26 bits per heavy atom. The van der Waals surface area contributed by atoms with E-state index < -0.39 is 37.1 Å². The van der Waals surface area contributed by atoms with E-state index in [1.54, 1.807) is 12.1 Å². The Hall–Kier alpha value is -3.17. The first-order chi connectivity index (χ1) is 18.2. The van der Waals surface area contributed by atoms with E-state index in [2.05, 4.69) is 15.0 Å².